The molecule has 0 aliphatic rings. The number of aromatic hydroxyl groups is 1. The molecule has 3 N–H and O–H groups in total. The van der Waals surface area contributed by atoms with Crippen molar-refractivity contribution >= 4 is 15.9 Å². The van der Waals surface area contributed by atoms with Crippen molar-refractivity contribution < 1.29 is 13.9 Å². The summed E-state index contributed by atoms with van der Waals surface area (Å²) in [7, 11) is 0. The van der Waals surface area contributed by atoms with Gasteiger partial charge in [-0.3, -0.25) is 0 Å². The zero-order chi connectivity index (χ0) is 10.0. The van der Waals surface area contributed by atoms with Gasteiger partial charge in [-0.2, -0.15) is 0 Å². The van der Waals surface area contributed by atoms with E-state index < -0.39 is 18.5 Å². The Hall–Kier alpha value is -0.680. The van der Waals surface area contributed by atoms with Crippen molar-refractivity contribution in [1.29, 1.82) is 0 Å². The second-order valence-corrected chi connectivity index (χ2v) is 3.41. The molecule has 0 unspecified atom stereocenters. The molecule has 0 aromatic heterocycles. The number of phenolic OH excluding ortho intramolecular Hbond substituents is 1. The van der Waals surface area contributed by atoms with Gasteiger partial charge in [-0.05, 0) is 28.1 Å². The van der Waals surface area contributed by atoms with Crippen LogP contribution in [0.1, 0.15) is 11.6 Å². The van der Waals surface area contributed by atoms with Gasteiger partial charge < -0.3 is 10.8 Å². The summed E-state index contributed by atoms with van der Waals surface area (Å²) in [5.74, 6) is -1.05. The lowest BCUT2D eigenvalue weighted by molar-refractivity contribution is 0.400. The number of phenols is 1. The molecule has 1 atom stereocenters. The fraction of sp³-hybridized carbons (Fsp3) is 0.250. The maximum atomic E-state index is 13.0. The van der Waals surface area contributed by atoms with Crippen LogP contribution in [0, 0.1) is 5.82 Å². The number of nitrogens with two attached hydrogens (primary N) is 1. The Balaban J connectivity index is 3.25. The smallest absolute Gasteiger partial charge is 0.137 e. The first-order valence-corrected chi connectivity index (χ1v) is 4.35. The molecular formula is C8H8BrF2NO. The van der Waals surface area contributed by atoms with E-state index in [1.807, 2.05) is 0 Å². The molecule has 0 saturated carbocycles. The summed E-state index contributed by atoms with van der Waals surface area (Å²) in [6, 6.07) is 1.32. The van der Waals surface area contributed by atoms with Crippen molar-refractivity contribution in [2.24, 2.45) is 5.73 Å². The molecule has 0 spiro atoms. The van der Waals surface area contributed by atoms with Crippen molar-refractivity contribution in [3.8, 4) is 5.75 Å². The van der Waals surface area contributed by atoms with Crippen LogP contribution in [0.5, 0.6) is 5.75 Å². The van der Waals surface area contributed by atoms with E-state index in [4.69, 9.17) is 5.73 Å². The molecule has 72 valence electrons. The number of halogens is 3. The standard InChI is InChI=1S/C8H8BrF2NO/c9-4-1-2-5(11)7(8(4)13)6(12)3-10/h1-2,6,13H,3,12H2/t6-/m0/s1. The van der Waals surface area contributed by atoms with E-state index in [2.05, 4.69) is 15.9 Å². The molecule has 0 saturated heterocycles. The van der Waals surface area contributed by atoms with Gasteiger partial charge in [0.15, 0.2) is 0 Å². The van der Waals surface area contributed by atoms with Gasteiger partial charge in [-0.25, -0.2) is 8.78 Å². The molecule has 0 aliphatic heterocycles. The molecule has 1 rings (SSSR count). The minimum Gasteiger partial charge on any atom is -0.506 e. The normalized spacial score (nSPS) is 12.9. The lowest BCUT2D eigenvalue weighted by Crippen LogP contribution is -2.14. The van der Waals surface area contributed by atoms with Gasteiger partial charge in [0.25, 0.3) is 0 Å². The third-order valence-electron chi connectivity index (χ3n) is 1.65. The number of alkyl halides is 1. The van der Waals surface area contributed by atoms with Crippen LogP contribution in [-0.2, 0) is 0 Å². The van der Waals surface area contributed by atoms with Crippen LogP contribution in [0.25, 0.3) is 0 Å². The first-order chi connectivity index (χ1) is 6.07. The van der Waals surface area contributed by atoms with Crippen LogP contribution in [0.4, 0.5) is 8.78 Å². The molecule has 13 heavy (non-hydrogen) atoms. The van der Waals surface area contributed by atoms with Gasteiger partial charge in [-0.1, -0.05) is 0 Å². The van der Waals surface area contributed by atoms with Crippen LogP contribution in [-0.4, -0.2) is 11.8 Å². The average Bonchev–Trinajstić information content (AvgIpc) is 2.12. The zero-order valence-electron chi connectivity index (χ0n) is 6.60. The number of hydrogen-bond acceptors (Lipinski definition) is 2. The van der Waals surface area contributed by atoms with Crippen molar-refractivity contribution in [3.05, 3.63) is 28.0 Å². The highest BCUT2D eigenvalue weighted by Gasteiger charge is 2.17. The predicted octanol–water partition coefficient (Wildman–Crippen LogP) is 2.26. The van der Waals surface area contributed by atoms with Crippen molar-refractivity contribution in [1.82, 2.24) is 0 Å². The molecule has 0 radical (unpaired) electrons. The van der Waals surface area contributed by atoms with E-state index in [-0.39, 0.29) is 11.3 Å². The van der Waals surface area contributed by atoms with Crippen LogP contribution in [0.3, 0.4) is 0 Å². The van der Waals surface area contributed by atoms with E-state index in [9.17, 15) is 13.9 Å². The summed E-state index contributed by atoms with van der Waals surface area (Å²) in [6.45, 7) is -0.916. The number of hydrogen-bond donors (Lipinski definition) is 2. The second kappa shape index (κ2) is 4.02. The quantitative estimate of drug-likeness (QED) is 0.847. The molecule has 1 aromatic carbocycles. The highest BCUT2D eigenvalue weighted by Crippen LogP contribution is 2.33. The van der Waals surface area contributed by atoms with Gasteiger partial charge in [0.2, 0.25) is 0 Å². The summed E-state index contributed by atoms with van der Waals surface area (Å²) in [5.41, 5.74) is 5.07. The minimum absolute atomic E-state index is 0.197. The maximum Gasteiger partial charge on any atom is 0.137 e. The minimum atomic E-state index is -1.13. The van der Waals surface area contributed by atoms with Crippen LogP contribution in [0.15, 0.2) is 16.6 Å². The first-order valence-electron chi connectivity index (χ1n) is 3.56. The van der Waals surface area contributed by atoms with Crippen molar-refractivity contribution in [2.45, 2.75) is 6.04 Å². The van der Waals surface area contributed by atoms with Crippen molar-refractivity contribution in [3.63, 3.8) is 0 Å². The van der Waals surface area contributed by atoms with E-state index in [0.29, 0.717) is 4.47 Å². The molecular weight excluding hydrogens is 244 g/mol. The molecule has 0 heterocycles. The van der Waals surface area contributed by atoms with E-state index >= 15 is 0 Å². The summed E-state index contributed by atoms with van der Waals surface area (Å²) in [5, 5.41) is 9.35. The third kappa shape index (κ3) is 1.97. The highest BCUT2D eigenvalue weighted by atomic mass is 79.9. The van der Waals surface area contributed by atoms with Crippen molar-refractivity contribution in [2.75, 3.05) is 6.67 Å². The fourth-order valence-electron chi connectivity index (χ4n) is 0.987. The van der Waals surface area contributed by atoms with Gasteiger partial charge >= 0.3 is 0 Å². The summed E-state index contributed by atoms with van der Waals surface area (Å²) >= 11 is 2.98. The monoisotopic (exact) mass is 251 g/mol. The topological polar surface area (TPSA) is 46.2 Å². The Morgan fingerprint density at radius 2 is 2.15 bits per heavy atom. The third-order valence-corrected chi connectivity index (χ3v) is 2.29. The molecule has 5 heteroatoms. The average molecular weight is 252 g/mol. The van der Waals surface area contributed by atoms with E-state index in [0.717, 1.165) is 6.07 Å². The lowest BCUT2D eigenvalue weighted by atomic mass is 10.1. The Morgan fingerprint density at radius 1 is 1.54 bits per heavy atom. The zero-order valence-corrected chi connectivity index (χ0v) is 8.18. The molecule has 1 aromatic rings. The highest BCUT2D eigenvalue weighted by molar-refractivity contribution is 9.10. The maximum absolute atomic E-state index is 13.0. The van der Waals surface area contributed by atoms with Gasteiger partial charge in [0.1, 0.15) is 18.2 Å². The van der Waals surface area contributed by atoms with Gasteiger partial charge in [-0.15, -0.1) is 0 Å². The van der Waals surface area contributed by atoms with Crippen LogP contribution < -0.4 is 5.73 Å². The fourth-order valence-corrected chi connectivity index (χ4v) is 1.33. The summed E-state index contributed by atoms with van der Waals surface area (Å²) in [4.78, 5) is 0. The van der Waals surface area contributed by atoms with Crippen LogP contribution >= 0.6 is 15.9 Å². The van der Waals surface area contributed by atoms with Gasteiger partial charge in [0, 0.05) is 0 Å². The number of benzene rings is 1. The Kier molecular flexibility index (Phi) is 3.22. The lowest BCUT2D eigenvalue weighted by Gasteiger charge is -2.11. The molecule has 0 fully saturated rings. The Labute approximate surface area is 82.5 Å². The number of rotatable bonds is 2. The Bertz CT molecular complexity index is 319. The Morgan fingerprint density at radius 3 is 2.69 bits per heavy atom. The van der Waals surface area contributed by atoms with E-state index in [1.54, 1.807) is 0 Å². The van der Waals surface area contributed by atoms with E-state index in [1.165, 1.54) is 6.07 Å². The SMILES string of the molecule is N[C@@H](CF)c1c(F)ccc(Br)c1O. The molecule has 2 nitrogen and oxygen atoms in total. The van der Waals surface area contributed by atoms with Gasteiger partial charge in [0.05, 0.1) is 16.1 Å². The largest absolute Gasteiger partial charge is 0.506 e. The molecule has 0 amide bonds. The van der Waals surface area contributed by atoms with Crippen LogP contribution in [0.2, 0.25) is 0 Å². The summed E-state index contributed by atoms with van der Waals surface area (Å²) in [6.07, 6.45) is 0. The second-order valence-electron chi connectivity index (χ2n) is 2.55. The molecule has 0 aliphatic carbocycles. The predicted molar refractivity (Wildman–Crippen MR) is 48.7 cm³/mol. The first kappa shape index (κ1) is 10.4. The summed E-state index contributed by atoms with van der Waals surface area (Å²) < 4.78 is 25.5. The molecule has 0 bridgehead atoms.